The van der Waals surface area contributed by atoms with Gasteiger partial charge in [-0.15, -0.1) is 21.5 Å². The number of rotatable bonds is 3. The van der Waals surface area contributed by atoms with Gasteiger partial charge in [0.1, 0.15) is 0 Å². The van der Waals surface area contributed by atoms with E-state index in [0.717, 1.165) is 9.88 Å². The molecule has 20 heavy (non-hydrogen) atoms. The van der Waals surface area contributed by atoms with E-state index < -0.39 is 0 Å². The minimum atomic E-state index is -0.226. The maximum Gasteiger partial charge on any atom is 0.257 e. The second-order valence-corrected chi connectivity index (χ2v) is 6.21. The van der Waals surface area contributed by atoms with Crippen molar-refractivity contribution in [2.24, 2.45) is 0 Å². The van der Waals surface area contributed by atoms with Crippen LogP contribution in [0.5, 0.6) is 0 Å². The van der Waals surface area contributed by atoms with Gasteiger partial charge < -0.3 is 0 Å². The van der Waals surface area contributed by atoms with Crippen LogP contribution in [0.2, 0.25) is 5.02 Å². The van der Waals surface area contributed by atoms with Gasteiger partial charge in [-0.1, -0.05) is 29.0 Å². The second-order valence-electron chi connectivity index (χ2n) is 3.85. The van der Waals surface area contributed by atoms with Crippen LogP contribution in [0.15, 0.2) is 41.8 Å². The Morgan fingerprint density at radius 2 is 1.95 bits per heavy atom. The zero-order valence-corrected chi connectivity index (χ0v) is 12.4. The summed E-state index contributed by atoms with van der Waals surface area (Å²) in [6, 6.07) is 10.6. The molecule has 0 saturated heterocycles. The molecule has 2 aromatic heterocycles. The summed E-state index contributed by atoms with van der Waals surface area (Å²) in [5.74, 6) is -0.226. The lowest BCUT2D eigenvalue weighted by Gasteiger charge is -2.00. The lowest BCUT2D eigenvalue weighted by molar-refractivity contribution is 0.102. The number of carbonyl (C=O) groups excluding carboxylic acids is 1. The van der Waals surface area contributed by atoms with Gasteiger partial charge in [-0.05, 0) is 35.7 Å². The van der Waals surface area contributed by atoms with Crippen LogP contribution in [0.1, 0.15) is 10.4 Å². The fourth-order valence-electron chi connectivity index (χ4n) is 1.54. The average molecular weight is 322 g/mol. The fraction of sp³-hybridized carbons (Fsp3) is 0. The standard InChI is InChI=1S/C13H8ClN3OS2/c14-9-5-3-8(4-6-9)11(18)15-13-17-16-12(20-13)10-2-1-7-19-10/h1-7H,(H,15,17,18). The molecular weight excluding hydrogens is 314 g/mol. The summed E-state index contributed by atoms with van der Waals surface area (Å²) in [6.07, 6.45) is 0. The first-order valence-electron chi connectivity index (χ1n) is 5.67. The number of nitrogens with one attached hydrogen (secondary N) is 1. The zero-order valence-electron chi connectivity index (χ0n) is 10.0. The molecule has 100 valence electrons. The number of amides is 1. The highest BCUT2D eigenvalue weighted by Crippen LogP contribution is 2.29. The van der Waals surface area contributed by atoms with Crippen molar-refractivity contribution in [3.63, 3.8) is 0 Å². The molecule has 0 radical (unpaired) electrons. The monoisotopic (exact) mass is 321 g/mol. The first-order chi connectivity index (χ1) is 9.72. The van der Waals surface area contributed by atoms with Crippen molar-refractivity contribution in [1.29, 1.82) is 0 Å². The molecule has 0 atom stereocenters. The van der Waals surface area contributed by atoms with Gasteiger partial charge in [0.05, 0.1) is 4.88 Å². The molecule has 3 aromatic rings. The van der Waals surface area contributed by atoms with E-state index in [2.05, 4.69) is 15.5 Å². The van der Waals surface area contributed by atoms with Crippen LogP contribution in [0, 0.1) is 0 Å². The van der Waals surface area contributed by atoms with E-state index in [-0.39, 0.29) is 5.91 Å². The zero-order chi connectivity index (χ0) is 13.9. The van der Waals surface area contributed by atoms with Gasteiger partial charge in [0.15, 0.2) is 5.01 Å². The van der Waals surface area contributed by atoms with Crippen molar-refractivity contribution in [3.05, 3.63) is 52.4 Å². The summed E-state index contributed by atoms with van der Waals surface area (Å²) in [5.41, 5.74) is 0.530. The Kier molecular flexibility index (Phi) is 3.77. The van der Waals surface area contributed by atoms with E-state index in [1.807, 2.05) is 17.5 Å². The number of benzene rings is 1. The molecule has 4 nitrogen and oxygen atoms in total. The summed E-state index contributed by atoms with van der Waals surface area (Å²) < 4.78 is 0. The van der Waals surface area contributed by atoms with Crippen molar-refractivity contribution >= 4 is 45.3 Å². The minimum Gasteiger partial charge on any atom is -0.296 e. The molecule has 0 spiro atoms. The quantitative estimate of drug-likeness (QED) is 0.787. The van der Waals surface area contributed by atoms with E-state index in [4.69, 9.17) is 11.6 Å². The molecule has 0 aliphatic carbocycles. The number of aromatic nitrogens is 2. The van der Waals surface area contributed by atoms with Crippen LogP contribution in [0.25, 0.3) is 9.88 Å². The molecule has 0 fully saturated rings. The molecule has 2 heterocycles. The Bertz CT molecular complexity index is 722. The Labute approximate surface area is 128 Å². The van der Waals surface area contributed by atoms with Crippen LogP contribution in [-0.4, -0.2) is 16.1 Å². The second kappa shape index (κ2) is 5.70. The number of hydrogen-bond acceptors (Lipinski definition) is 5. The molecule has 0 aliphatic rings. The summed E-state index contributed by atoms with van der Waals surface area (Å²) in [7, 11) is 0. The highest BCUT2D eigenvalue weighted by molar-refractivity contribution is 7.23. The summed E-state index contributed by atoms with van der Waals surface area (Å²) in [6.45, 7) is 0. The van der Waals surface area contributed by atoms with Crippen molar-refractivity contribution < 1.29 is 4.79 Å². The molecule has 1 N–H and O–H groups in total. The number of nitrogens with zero attached hydrogens (tertiary/aromatic N) is 2. The lowest BCUT2D eigenvalue weighted by atomic mass is 10.2. The van der Waals surface area contributed by atoms with Gasteiger partial charge in [0, 0.05) is 10.6 Å². The van der Waals surface area contributed by atoms with Crippen LogP contribution >= 0.6 is 34.3 Å². The van der Waals surface area contributed by atoms with Crippen LogP contribution in [0.4, 0.5) is 5.13 Å². The Balaban J connectivity index is 1.75. The first-order valence-corrected chi connectivity index (χ1v) is 7.74. The van der Waals surface area contributed by atoms with Crippen LogP contribution in [-0.2, 0) is 0 Å². The van der Waals surface area contributed by atoms with Gasteiger partial charge in [-0.2, -0.15) is 0 Å². The Morgan fingerprint density at radius 1 is 1.15 bits per heavy atom. The maximum atomic E-state index is 12.0. The van der Waals surface area contributed by atoms with Gasteiger partial charge in [-0.3, -0.25) is 10.1 Å². The topological polar surface area (TPSA) is 54.9 Å². The Morgan fingerprint density at radius 3 is 2.65 bits per heavy atom. The van der Waals surface area contributed by atoms with Gasteiger partial charge in [-0.25, -0.2) is 0 Å². The van der Waals surface area contributed by atoms with E-state index >= 15 is 0 Å². The molecule has 1 aromatic carbocycles. The van der Waals surface area contributed by atoms with Crippen molar-refractivity contribution in [2.75, 3.05) is 5.32 Å². The minimum absolute atomic E-state index is 0.226. The van der Waals surface area contributed by atoms with Gasteiger partial charge >= 0.3 is 0 Å². The molecule has 0 aliphatic heterocycles. The third-order valence-electron chi connectivity index (χ3n) is 2.48. The number of halogens is 1. The van der Waals surface area contributed by atoms with Crippen LogP contribution in [0.3, 0.4) is 0 Å². The third-order valence-corrected chi connectivity index (χ3v) is 4.61. The number of thiophene rings is 1. The highest BCUT2D eigenvalue weighted by atomic mass is 35.5. The molecule has 3 rings (SSSR count). The smallest absolute Gasteiger partial charge is 0.257 e. The fourth-order valence-corrected chi connectivity index (χ4v) is 3.20. The van der Waals surface area contributed by atoms with E-state index in [0.29, 0.717) is 15.7 Å². The SMILES string of the molecule is O=C(Nc1nnc(-c2cccs2)s1)c1ccc(Cl)cc1. The third kappa shape index (κ3) is 2.87. The van der Waals surface area contributed by atoms with Crippen molar-refractivity contribution in [2.45, 2.75) is 0 Å². The maximum absolute atomic E-state index is 12.0. The predicted octanol–water partition coefficient (Wildman–Crippen LogP) is 4.17. The predicted molar refractivity (Wildman–Crippen MR) is 82.6 cm³/mol. The summed E-state index contributed by atoms with van der Waals surface area (Å²) in [4.78, 5) is 13.0. The van der Waals surface area contributed by atoms with Crippen molar-refractivity contribution in [1.82, 2.24) is 10.2 Å². The van der Waals surface area contributed by atoms with Crippen molar-refractivity contribution in [3.8, 4) is 9.88 Å². The molecule has 0 bridgehead atoms. The van der Waals surface area contributed by atoms with E-state index in [1.54, 1.807) is 35.6 Å². The Hall–Kier alpha value is -1.76. The molecular formula is C13H8ClN3OS2. The number of hydrogen-bond donors (Lipinski definition) is 1. The molecule has 0 saturated carbocycles. The van der Waals surface area contributed by atoms with E-state index in [1.165, 1.54) is 11.3 Å². The lowest BCUT2D eigenvalue weighted by Crippen LogP contribution is -2.11. The van der Waals surface area contributed by atoms with Gasteiger partial charge in [0.2, 0.25) is 5.13 Å². The average Bonchev–Trinajstić information content (AvgIpc) is 3.09. The normalized spacial score (nSPS) is 10.4. The van der Waals surface area contributed by atoms with Gasteiger partial charge in [0.25, 0.3) is 5.91 Å². The summed E-state index contributed by atoms with van der Waals surface area (Å²) in [5, 5.41) is 14.6. The largest absolute Gasteiger partial charge is 0.296 e. The summed E-state index contributed by atoms with van der Waals surface area (Å²) >= 11 is 8.72. The molecule has 7 heteroatoms. The molecule has 0 unspecified atom stereocenters. The first kappa shape index (κ1) is 13.2. The highest BCUT2D eigenvalue weighted by Gasteiger charge is 2.11. The molecule has 1 amide bonds. The van der Waals surface area contributed by atoms with E-state index in [9.17, 15) is 4.79 Å². The van der Waals surface area contributed by atoms with Crippen LogP contribution < -0.4 is 5.32 Å². The number of anilines is 1. The number of carbonyl (C=O) groups is 1.